The summed E-state index contributed by atoms with van der Waals surface area (Å²) in [6.45, 7) is 0. The van der Waals surface area contributed by atoms with Crippen LogP contribution in [0.1, 0.15) is 16.7 Å². The van der Waals surface area contributed by atoms with E-state index in [2.05, 4.69) is 24.3 Å². The molecule has 108 valence electrons. The van der Waals surface area contributed by atoms with E-state index in [4.69, 9.17) is 5.73 Å². The second kappa shape index (κ2) is 7.41. The summed E-state index contributed by atoms with van der Waals surface area (Å²) in [7, 11) is 0. The first-order valence-corrected chi connectivity index (χ1v) is 6.92. The van der Waals surface area contributed by atoms with Gasteiger partial charge in [-0.1, -0.05) is 66.7 Å². The molecule has 0 spiro atoms. The molecule has 21 heavy (non-hydrogen) atoms. The number of primary amides is 1. The molecule has 1 amide bonds. The minimum absolute atomic E-state index is 0.259. The summed E-state index contributed by atoms with van der Waals surface area (Å²) in [5.41, 5.74) is 8.30. The second-order valence-electron chi connectivity index (χ2n) is 4.96. The molecule has 2 aromatic carbocycles. The lowest BCUT2D eigenvalue weighted by molar-refractivity contribution is -0.125. The van der Waals surface area contributed by atoms with Crippen LogP contribution in [0.2, 0.25) is 0 Å². The molecule has 0 saturated carbocycles. The Labute approximate surface area is 124 Å². The number of rotatable bonds is 6. The first-order valence-electron chi connectivity index (χ1n) is 6.92. The smallest absolute Gasteiger partial charge is 0.246 e. The number of hydrogen-bond donors (Lipinski definition) is 2. The number of allylic oxidation sites excluding steroid dienone is 1. The van der Waals surface area contributed by atoms with Gasteiger partial charge in [-0.2, -0.15) is 0 Å². The average Bonchev–Trinajstić information content (AvgIpc) is 2.50. The summed E-state index contributed by atoms with van der Waals surface area (Å²) in [6.07, 6.45) is 4.19. The summed E-state index contributed by atoms with van der Waals surface area (Å²) in [5.74, 6) is -0.690. The molecule has 3 N–H and O–H groups in total. The van der Waals surface area contributed by atoms with Crippen molar-refractivity contribution >= 4 is 12.0 Å². The van der Waals surface area contributed by atoms with Crippen LogP contribution in [0.15, 0.2) is 60.7 Å². The lowest BCUT2D eigenvalue weighted by Gasteiger charge is -2.06. The van der Waals surface area contributed by atoms with Crippen LogP contribution >= 0.6 is 0 Å². The second-order valence-corrected chi connectivity index (χ2v) is 4.96. The minimum Gasteiger partial charge on any atom is -0.383 e. The molecule has 0 fully saturated rings. The molecule has 0 aliphatic carbocycles. The fraction of sp³-hybridized carbons (Fsp3) is 0.167. The third kappa shape index (κ3) is 4.89. The van der Waals surface area contributed by atoms with Gasteiger partial charge < -0.3 is 10.8 Å². The summed E-state index contributed by atoms with van der Waals surface area (Å²) < 4.78 is 0. The van der Waals surface area contributed by atoms with Crippen molar-refractivity contribution in [3.8, 4) is 0 Å². The number of benzene rings is 2. The van der Waals surface area contributed by atoms with Gasteiger partial charge in [-0.25, -0.2) is 0 Å². The molecule has 2 rings (SSSR count). The van der Waals surface area contributed by atoms with Crippen LogP contribution in [0, 0.1) is 0 Å². The maximum atomic E-state index is 10.8. The van der Waals surface area contributed by atoms with Crippen molar-refractivity contribution in [2.45, 2.75) is 18.9 Å². The van der Waals surface area contributed by atoms with E-state index in [-0.39, 0.29) is 6.42 Å². The van der Waals surface area contributed by atoms with Crippen LogP contribution in [-0.4, -0.2) is 17.1 Å². The zero-order valence-electron chi connectivity index (χ0n) is 11.8. The van der Waals surface area contributed by atoms with Crippen molar-refractivity contribution in [3.63, 3.8) is 0 Å². The van der Waals surface area contributed by atoms with Crippen LogP contribution in [0.3, 0.4) is 0 Å². The van der Waals surface area contributed by atoms with Crippen molar-refractivity contribution in [3.05, 3.63) is 77.4 Å². The molecule has 0 radical (unpaired) electrons. The lowest BCUT2D eigenvalue weighted by atomic mass is 10.0. The topological polar surface area (TPSA) is 63.3 Å². The SMILES string of the molecule is NC(=O)C(O)Cc1ccc(C/C=C/c2ccccc2)cc1. The highest BCUT2D eigenvalue weighted by molar-refractivity contribution is 5.78. The summed E-state index contributed by atoms with van der Waals surface area (Å²) >= 11 is 0. The van der Waals surface area contributed by atoms with Gasteiger partial charge in [0.2, 0.25) is 5.91 Å². The van der Waals surface area contributed by atoms with Gasteiger partial charge in [0.25, 0.3) is 0 Å². The number of aliphatic hydroxyl groups is 1. The Morgan fingerprint density at radius 1 is 1.05 bits per heavy atom. The highest BCUT2D eigenvalue weighted by atomic mass is 16.3. The predicted octanol–water partition coefficient (Wildman–Crippen LogP) is 2.33. The molecule has 0 aliphatic heterocycles. The number of aliphatic hydroxyl groups excluding tert-OH is 1. The van der Waals surface area contributed by atoms with E-state index in [1.54, 1.807) is 0 Å². The molecule has 1 unspecified atom stereocenters. The first kappa shape index (κ1) is 15.0. The maximum absolute atomic E-state index is 10.8. The van der Waals surface area contributed by atoms with Crippen LogP contribution in [-0.2, 0) is 17.6 Å². The van der Waals surface area contributed by atoms with Crippen LogP contribution < -0.4 is 5.73 Å². The van der Waals surface area contributed by atoms with Crippen LogP contribution in [0.4, 0.5) is 0 Å². The Morgan fingerprint density at radius 3 is 2.29 bits per heavy atom. The summed E-state index contributed by atoms with van der Waals surface area (Å²) in [5, 5.41) is 9.43. The molecular weight excluding hydrogens is 262 g/mol. The highest BCUT2D eigenvalue weighted by Gasteiger charge is 2.10. The largest absolute Gasteiger partial charge is 0.383 e. The van der Waals surface area contributed by atoms with Gasteiger partial charge in [-0.15, -0.1) is 0 Å². The molecule has 0 bridgehead atoms. The fourth-order valence-corrected chi connectivity index (χ4v) is 2.03. The Bertz CT molecular complexity index is 603. The number of carbonyl (C=O) groups is 1. The summed E-state index contributed by atoms with van der Waals surface area (Å²) in [4.78, 5) is 10.8. The zero-order valence-corrected chi connectivity index (χ0v) is 11.8. The van der Waals surface area contributed by atoms with Gasteiger partial charge in [-0.05, 0) is 23.1 Å². The maximum Gasteiger partial charge on any atom is 0.246 e. The Kier molecular flexibility index (Phi) is 5.29. The number of carbonyl (C=O) groups excluding carboxylic acids is 1. The van der Waals surface area contributed by atoms with Gasteiger partial charge in [-0.3, -0.25) is 4.79 Å². The fourth-order valence-electron chi connectivity index (χ4n) is 2.03. The standard InChI is InChI=1S/C18H19NO2/c19-18(21)17(20)13-16-11-9-15(10-12-16)8-4-7-14-5-2-1-3-6-14/h1-7,9-12,17,20H,8,13H2,(H2,19,21)/b7-4+. The lowest BCUT2D eigenvalue weighted by Crippen LogP contribution is -2.29. The molecule has 3 heteroatoms. The summed E-state index contributed by atoms with van der Waals surface area (Å²) in [6, 6.07) is 18.0. The van der Waals surface area contributed by atoms with Gasteiger partial charge in [0.05, 0.1) is 0 Å². The zero-order chi connectivity index (χ0) is 15.1. The molecule has 1 atom stereocenters. The number of hydrogen-bond acceptors (Lipinski definition) is 2. The van der Waals surface area contributed by atoms with Crippen molar-refractivity contribution in [2.75, 3.05) is 0 Å². The highest BCUT2D eigenvalue weighted by Crippen LogP contribution is 2.09. The Balaban J connectivity index is 1.91. The van der Waals surface area contributed by atoms with E-state index in [1.807, 2.05) is 42.5 Å². The van der Waals surface area contributed by atoms with E-state index in [0.717, 1.165) is 12.0 Å². The van der Waals surface area contributed by atoms with Crippen LogP contribution in [0.25, 0.3) is 6.08 Å². The molecule has 0 saturated heterocycles. The van der Waals surface area contributed by atoms with Crippen molar-refractivity contribution in [2.24, 2.45) is 5.73 Å². The molecular formula is C18H19NO2. The van der Waals surface area contributed by atoms with Crippen molar-refractivity contribution in [1.29, 1.82) is 0 Å². The van der Waals surface area contributed by atoms with Crippen molar-refractivity contribution < 1.29 is 9.90 Å². The average molecular weight is 281 g/mol. The molecule has 0 aromatic heterocycles. The Hall–Kier alpha value is -2.39. The number of nitrogens with two attached hydrogens (primary N) is 1. The molecule has 0 aliphatic rings. The van der Waals surface area contributed by atoms with Gasteiger partial charge >= 0.3 is 0 Å². The third-order valence-corrected chi connectivity index (χ3v) is 3.24. The minimum atomic E-state index is -1.12. The third-order valence-electron chi connectivity index (χ3n) is 3.24. The van der Waals surface area contributed by atoms with Gasteiger partial charge in [0.1, 0.15) is 6.10 Å². The van der Waals surface area contributed by atoms with E-state index in [0.29, 0.717) is 0 Å². The molecule has 3 nitrogen and oxygen atoms in total. The molecule has 2 aromatic rings. The number of amides is 1. The molecule has 0 heterocycles. The van der Waals surface area contributed by atoms with E-state index < -0.39 is 12.0 Å². The normalized spacial score (nSPS) is 12.4. The van der Waals surface area contributed by atoms with E-state index in [9.17, 15) is 9.90 Å². The van der Waals surface area contributed by atoms with Crippen LogP contribution in [0.5, 0.6) is 0 Å². The Morgan fingerprint density at radius 2 is 1.67 bits per heavy atom. The van der Waals surface area contributed by atoms with E-state index in [1.165, 1.54) is 11.1 Å². The van der Waals surface area contributed by atoms with E-state index >= 15 is 0 Å². The first-order chi connectivity index (χ1) is 10.1. The van der Waals surface area contributed by atoms with Gasteiger partial charge in [0.15, 0.2) is 0 Å². The van der Waals surface area contributed by atoms with Crippen molar-refractivity contribution in [1.82, 2.24) is 0 Å². The predicted molar refractivity (Wildman–Crippen MR) is 84.5 cm³/mol. The van der Waals surface area contributed by atoms with Gasteiger partial charge in [0, 0.05) is 6.42 Å². The monoisotopic (exact) mass is 281 g/mol. The quantitative estimate of drug-likeness (QED) is 0.853.